The Labute approximate surface area is 102 Å². The Morgan fingerprint density at radius 1 is 1.47 bits per heavy atom. The number of ether oxygens (including phenoxy) is 2. The van der Waals surface area contributed by atoms with Gasteiger partial charge in [-0.2, -0.15) is 4.52 Å². The predicted molar refractivity (Wildman–Crippen MR) is 60.2 cm³/mol. The second-order valence-electron chi connectivity index (χ2n) is 4.50. The van der Waals surface area contributed by atoms with Crippen molar-refractivity contribution >= 4 is 17.2 Å². The van der Waals surface area contributed by atoms with Gasteiger partial charge in [-0.25, -0.2) is 0 Å². The zero-order valence-electron chi connectivity index (χ0n) is 9.26. The van der Waals surface area contributed by atoms with Gasteiger partial charge in [-0.15, -0.1) is 15.3 Å². The summed E-state index contributed by atoms with van der Waals surface area (Å²) in [5, 5.41) is 12.0. The number of halogens is 1. The van der Waals surface area contributed by atoms with E-state index in [2.05, 4.69) is 22.2 Å². The van der Waals surface area contributed by atoms with Crippen molar-refractivity contribution in [1.82, 2.24) is 19.8 Å². The van der Waals surface area contributed by atoms with E-state index in [9.17, 15) is 0 Å². The summed E-state index contributed by atoms with van der Waals surface area (Å²) in [4.78, 5) is 0. The van der Waals surface area contributed by atoms with E-state index < -0.39 is 0 Å². The van der Waals surface area contributed by atoms with E-state index in [0.717, 1.165) is 13.2 Å². The molecular weight excluding hydrogens is 244 g/mol. The van der Waals surface area contributed by atoms with Gasteiger partial charge < -0.3 is 9.47 Å². The van der Waals surface area contributed by atoms with Crippen molar-refractivity contribution in [2.24, 2.45) is 5.41 Å². The fourth-order valence-electron chi connectivity index (χ4n) is 1.60. The molecule has 0 N–H and O–H groups in total. The predicted octanol–water partition coefficient (Wildman–Crippen LogP) is 1.19. The van der Waals surface area contributed by atoms with Crippen LogP contribution in [0.25, 0.3) is 5.65 Å². The van der Waals surface area contributed by atoms with Gasteiger partial charge in [-0.3, -0.25) is 0 Å². The van der Waals surface area contributed by atoms with Crippen molar-refractivity contribution in [3.05, 3.63) is 17.4 Å². The van der Waals surface area contributed by atoms with Gasteiger partial charge in [0.25, 0.3) is 0 Å². The van der Waals surface area contributed by atoms with Crippen LogP contribution in [-0.2, 0) is 4.74 Å². The Kier molecular flexibility index (Phi) is 2.41. The van der Waals surface area contributed by atoms with Crippen molar-refractivity contribution in [3.8, 4) is 5.88 Å². The Balaban J connectivity index is 1.78. The quantitative estimate of drug-likeness (QED) is 0.823. The van der Waals surface area contributed by atoms with Gasteiger partial charge in [0.05, 0.1) is 19.8 Å². The first-order valence-corrected chi connectivity index (χ1v) is 5.63. The number of nitrogens with zero attached hydrogens (tertiary/aromatic N) is 4. The Morgan fingerprint density at radius 3 is 3.00 bits per heavy atom. The maximum atomic E-state index is 5.82. The second-order valence-corrected chi connectivity index (χ2v) is 4.84. The summed E-state index contributed by atoms with van der Waals surface area (Å²) >= 11 is 5.82. The zero-order valence-corrected chi connectivity index (χ0v) is 10.0. The topological polar surface area (TPSA) is 61.5 Å². The molecule has 0 radical (unpaired) electrons. The molecule has 2 aromatic heterocycles. The third-order valence-electron chi connectivity index (χ3n) is 2.67. The highest BCUT2D eigenvalue weighted by molar-refractivity contribution is 6.28. The summed E-state index contributed by atoms with van der Waals surface area (Å²) in [6.07, 6.45) is 0. The molecule has 0 amide bonds. The van der Waals surface area contributed by atoms with Crippen molar-refractivity contribution in [2.45, 2.75) is 6.92 Å². The van der Waals surface area contributed by atoms with Crippen LogP contribution >= 0.6 is 11.6 Å². The van der Waals surface area contributed by atoms with Crippen LogP contribution in [0.1, 0.15) is 6.92 Å². The summed E-state index contributed by atoms with van der Waals surface area (Å²) < 4.78 is 12.2. The summed E-state index contributed by atoms with van der Waals surface area (Å²) in [5.41, 5.74) is 0.689. The van der Waals surface area contributed by atoms with Crippen LogP contribution in [0.4, 0.5) is 0 Å². The molecule has 17 heavy (non-hydrogen) atoms. The third kappa shape index (κ3) is 1.94. The van der Waals surface area contributed by atoms with Gasteiger partial charge in [-0.05, 0) is 17.7 Å². The standard InChI is InChI=1S/C10H11ClN4O2/c1-10(4-16-5-10)6-17-8-3-2-7-12-13-9(11)15(7)14-8/h2-3H,4-6H2,1H3. The maximum Gasteiger partial charge on any atom is 0.246 e. The van der Waals surface area contributed by atoms with Crippen LogP contribution in [0, 0.1) is 5.41 Å². The minimum Gasteiger partial charge on any atom is -0.476 e. The molecule has 0 bridgehead atoms. The van der Waals surface area contributed by atoms with E-state index in [1.165, 1.54) is 4.52 Å². The minimum absolute atomic E-state index is 0.0909. The maximum absolute atomic E-state index is 5.82. The highest BCUT2D eigenvalue weighted by Gasteiger charge is 2.34. The van der Waals surface area contributed by atoms with Gasteiger partial charge in [-0.1, -0.05) is 6.92 Å². The number of rotatable bonds is 3. The summed E-state index contributed by atoms with van der Waals surface area (Å²) in [6, 6.07) is 3.52. The average molecular weight is 255 g/mol. The highest BCUT2D eigenvalue weighted by Crippen LogP contribution is 2.27. The van der Waals surface area contributed by atoms with Crippen molar-refractivity contribution in [2.75, 3.05) is 19.8 Å². The van der Waals surface area contributed by atoms with Gasteiger partial charge >= 0.3 is 0 Å². The largest absolute Gasteiger partial charge is 0.476 e. The van der Waals surface area contributed by atoms with Crippen LogP contribution in [0.2, 0.25) is 5.28 Å². The van der Waals surface area contributed by atoms with Gasteiger partial charge in [0.1, 0.15) is 0 Å². The molecular formula is C10H11ClN4O2. The van der Waals surface area contributed by atoms with Crippen molar-refractivity contribution in [1.29, 1.82) is 0 Å². The summed E-state index contributed by atoms with van der Waals surface area (Å²) in [6.45, 7) is 4.14. The number of hydrogen-bond acceptors (Lipinski definition) is 5. The summed E-state index contributed by atoms with van der Waals surface area (Å²) in [7, 11) is 0. The first-order valence-electron chi connectivity index (χ1n) is 5.25. The smallest absolute Gasteiger partial charge is 0.246 e. The molecule has 6 nitrogen and oxygen atoms in total. The van der Waals surface area contributed by atoms with E-state index in [1.807, 2.05) is 0 Å². The SMILES string of the molecule is CC1(COc2ccc3nnc(Cl)n3n2)COC1. The number of fused-ring (bicyclic) bond motifs is 1. The fraction of sp³-hybridized carbons (Fsp3) is 0.500. The lowest BCUT2D eigenvalue weighted by Gasteiger charge is -2.37. The van der Waals surface area contributed by atoms with Gasteiger partial charge in [0, 0.05) is 11.5 Å². The first kappa shape index (κ1) is 10.7. The van der Waals surface area contributed by atoms with Gasteiger partial charge in [0.2, 0.25) is 11.2 Å². The lowest BCUT2D eigenvalue weighted by Crippen LogP contribution is -2.44. The Hall–Kier alpha value is -1.40. The molecule has 1 aliphatic rings. The molecule has 0 aliphatic carbocycles. The monoisotopic (exact) mass is 254 g/mol. The average Bonchev–Trinajstić information content (AvgIpc) is 2.66. The van der Waals surface area contributed by atoms with Crippen LogP contribution < -0.4 is 4.74 Å². The summed E-state index contributed by atoms with van der Waals surface area (Å²) in [5.74, 6) is 0.507. The van der Waals surface area contributed by atoms with E-state index in [4.69, 9.17) is 21.1 Å². The number of hydrogen-bond donors (Lipinski definition) is 0. The molecule has 1 aliphatic heterocycles. The lowest BCUT2D eigenvalue weighted by molar-refractivity contribution is -0.120. The highest BCUT2D eigenvalue weighted by atomic mass is 35.5. The molecule has 1 saturated heterocycles. The van der Waals surface area contributed by atoms with Crippen LogP contribution in [0.3, 0.4) is 0 Å². The van der Waals surface area contributed by atoms with E-state index in [-0.39, 0.29) is 10.7 Å². The molecule has 2 aromatic rings. The van der Waals surface area contributed by atoms with Crippen LogP contribution in [0.15, 0.2) is 12.1 Å². The molecule has 0 spiro atoms. The third-order valence-corrected chi connectivity index (χ3v) is 2.91. The van der Waals surface area contributed by atoms with Crippen molar-refractivity contribution in [3.63, 3.8) is 0 Å². The zero-order chi connectivity index (χ0) is 11.9. The van der Waals surface area contributed by atoms with Crippen LogP contribution in [-0.4, -0.2) is 39.6 Å². The molecule has 0 saturated carbocycles. The molecule has 1 fully saturated rings. The van der Waals surface area contributed by atoms with E-state index >= 15 is 0 Å². The molecule has 3 heterocycles. The normalized spacial score (nSPS) is 18.0. The lowest BCUT2D eigenvalue weighted by atomic mass is 9.90. The molecule has 90 valence electrons. The molecule has 7 heteroatoms. The number of aromatic nitrogens is 4. The second kappa shape index (κ2) is 3.82. The molecule has 0 aromatic carbocycles. The molecule has 0 unspecified atom stereocenters. The van der Waals surface area contributed by atoms with Crippen molar-refractivity contribution < 1.29 is 9.47 Å². The first-order chi connectivity index (χ1) is 8.16. The fourth-order valence-corrected chi connectivity index (χ4v) is 1.77. The minimum atomic E-state index is 0.0909. The van der Waals surface area contributed by atoms with E-state index in [1.54, 1.807) is 12.1 Å². The van der Waals surface area contributed by atoms with Crippen LogP contribution in [0.5, 0.6) is 5.88 Å². The van der Waals surface area contributed by atoms with Gasteiger partial charge in [0.15, 0.2) is 5.65 Å². The molecule has 0 atom stereocenters. The van der Waals surface area contributed by atoms with E-state index in [0.29, 0.717) is 18.1 Å². The molecule has 3 rings (SSSR count). The Morgan fingerprint density at radius 2 is 2.29 bits per heavy atom. The Bertz CT molecular complexity index is 552.